The highest BCUT2D eigenvalue weighted by molar-refractivity contribution is 7.92. The van der Waals surface area contributed by atoms with Crippen LogP contribution in [0.5, 0.6) is 0 Å². The predicted molar refractivity (Wildman–Crippen MR) is 109 cm³/mol. The van der Waals surface area contributed by atoms with Crippen LogP contribution in [-0.4, -0.2) is 23.0 Å². The first-order valence-corrected chi connectivity index (χ1v) is 10.2. The number of nitrogens with zero attached hydrogens (tertiary/aromatic N) is 2. The molecule has 29 heavy (non-hydrogen) atoms. The number of nitrogens with one attached hydrogen (secondary N) is 2. The van der Waals surface area contributed by atoms with E-state index >= 15 is 0 Å². The number of hydrogen-bond acceptors (Lipinski definition) is 5. The van der Waals surface area contributed by atoms with Crippen LogP contribution in [-0.2, 0) is 10.0 Å². The minimum Gasteiger partial charge on any atom is -0.408 e. The minimum atomic E-state index is -3.84. The molecule has 0 fully saturated rings. The Morgan fingerprint density at radius 3 is 2.62 bits per heavy atom. The third-order valence-electron chi connectivity index (χ3n) is 4.55. The summed E-state index contributed by atoms with van der Waals surface area (Å²) in [5, 5.41) is 0. The maximum Gasteiger partial charge on any atom is 0.417 e. The fourth-order valence-corrected chi connectivity index (χ4v) is 4.24. The number of aromatic amines is 1. The summed E-state index contributed by atoms with van der Waals surface area (Å²) in [6.45, 7) is 0. The fraction of sp³-hybridized carbons (Fsp3) is 0. The van der Waals surface area contributed by atoms with Gasteiger partial charge in [0.25, 0.3) is 10.0 Å². The molecule has 5 rings (SSSR count). The molecule has 0 amide bonds. The second-order valence-electron chi connectivity index (χ2n) is 6.43. The molecule has 0 aliphatic carbocycles. The van der Waals surface area contributed by atoms with Crippen molar-refractivity contribution in [2.45, 2.75) is 4.90 Å². The van der Waals surface area contributed by atoms with Gasteiger partial charge in [0.2, 0.25) is 0 Å². The van der Waals surface area contributed by atoms with Crippen molar-refractivity contribution in [3.8, 4) is 5.69 Å². The van der Waals surface area contributed by atoms with Gasteiger partial charge < -0.3 is 4.42 Å². The van der Waals surface area contributed by atoms with Crippen LogP contribution in [0.1, 0.15) is 0 Å². The number of H-pyrrole nitrogens is 1. The molecule has 0 saturated carbocycles. The number of fused-ring (bicyclic) bond motifs is 2. The number of para-hydroxylation sites is 2. The van der Waals surface area contributed by atoms with Crippen LogP contribution in [0.15, 0.2) is 87.2 Å². The molecule has 0 atom stereocenters. The average molecular weight is 406 g/mol. The number of imidazole rings is 1. The number of oxazole rings is 1. The lowest BCUT2D eigenvalue weighted by atomic mass is 10.2. The Hall–Kier alpha value is -3.85. The molecule has 0 spiro atoms. The number of rotatable bonds is 4. The van der Waals surface area contributed by atoms with Gasteiger partial charge in [-0.25, -0.2) is 18.2 Å². The molecule has 0 aliphatic rings. The second-order valence-corrected chi connectivity index (χ2v) is 8.11. The Balaban J connectivity index is 1.44. The summed E-state index contributed by atoms with van der Waals surface area (Å²) in [6, 6.07) is 18.9. The summed E-state index contributed by atoms with van der Waals surface area (Å²) < 4.78 is 34.8. The third-order valence-corrected chi connectivity index (χ3v) is 5.93. The zero-order chi connectivity index (χ0) is 20.0. The number of anilines is 1. The maximum atomic E-state index is 12.7. The van der Waals surface area contributed by atoms with Gasteiger partial charge in [-0.05, 0) is 48.5 Å². The van der Waals surface area contributed by atoms with Gasteiger partial charge >= 0.3 is 5.76 Å². The Kier molecular flexibility index (Phi) is 3.78. The van der Waals surface area contributed by atoms with E-state index in [2.05, 4.69) is 14.7 Å². The van der Waals surface area contributed by atoms with Gasteiger partial charge in [-0.1, -0.05) is 12.1 Å². The van der Waals surface area contributed by atoms with Crippen molar-refractivity contribution >= 4 is 37.8 Å². The molecule has 2 N–H and O–H groups in total. The monoisotopic (exact) mass is 406 g/mol. The lowest BCUT2D eigenvalue weighted by Gasteiger charge is -2.10. The molecule has 5 aromatic rings. The first-order chi connectivity index (χ1) is 14.0. The lowest BCUT2D eigenvalue weighted by molar-refractivity contribution is 0.554. The van der Waals surface area contributed by atoms with Gasteiger partial charge in [0.1, 0.15) is 6.33 Å². The van der Waals surface area contributed by atoms with Crippen molar-refractivity contribution in [3.05, 3.63) is 83.6 Å². The van der Waals surface area contributed by atoms with Gasteiger partial charge in [0.05, 0.1) is 21.4 Å². The molecule has 3 aromatic carbocycles. The molecular formula is C20H14N4O4S. The van der Waals surface area contributed by atoms with E-state index in [9.17, 15) is 13.2 Å². The van der Waals surface area contributed by atoms with Crippen LogP contribution in [0.4, 0.5) is 5.69 Å². The smallest absolute Gasteiger partial charge is 0.408 e. The zero-order valence-corrected chi connectivity index (χ0v) is 15.7. The van der Waals surface area contributed by atoms with E-state index in [0.717, 1.165) is 16.7 Å². The van der Waals surface area contributed by atoms with Gasteiger partial charge in [-0.3, -0.25) is 14.3 Å². The maximum absolute atomic E-state index is 12.7. The summed E-state index contributed by atoms with van der Waals surface area (Å²) in [5.41, 5.74) is 3.73. The standard InChI is InChI=1S/C20H14N4O4S/c25-20-22-17-10-9-15(11-19(17)28-20)29(26,27)23-13-5-7-14(8-6-13)24-12-21-16-3-1-2-4-18(16)24/h1-12,23H,(H,22,25). The molecule has 8 nitrogen and oxygen atoms in total. The molecule has 0 bridgehead atoms. The third kappa shape index (κ3) is 3.07. The summed E-state index contributed by atoms with van der Waals surface area (Å²) in [6.07, 6.45) is 1.73. The van der Waals surface area contributed by atoms with Crippen LogP contribution < -0.4 is 10.5 Å². The Morgan fingerprint density at radius 1 is 1.00 bits per heavy atom. The van der Waals surface area contributed by atoms with E-state index in [4.69, 9.17) is 4.42 Å². The predicted octanol–water partition coefficient (Wildman–Crippen LogP) is 3.26. The van der Waals surface area contributed by atoms with Crippen molar-refractivity contribution in [2.75, 3.05) is 4.72 Å². The van der Waals surface area contributed by atoms with E-state index in [0.29, 0.717) is 11.2 Å². The van der Waals surface area contributed by atoms with Crippen molar-refractivity contribution in [1.82, 2.24) is 14.5 Å². The average Bonchev–Trinajstić information content (AvgIpc) is 3.30. The highest BCUT2D eigenvalue weighted by atomic mass is 32.2. The van der Waals surface area contributed by atoms with Crippen LogP contribution >= 0.6 is 0 Å². The largest absolute Gasteiger partial charge is 0.417 e. The molecule has 0 radical (unpaired) electrons. The lowest BCUT2D eigenvalue weighted by Crippen LogP contribution is -2.12. The van der Waals surface area contributed by atoms with Crippen molar-refractivity contribution in [1.29, 1.82) is 0 Å². The SMILES string of the molecule is O=c1[nH]c2ccc(S(=O)(=O)Nc3ccc(-n4cnc5ccccc54)cc3)cc2o1. The van der Waals surface area contributed by atoms with Crippen molar-refractivity contribution in [3.63, 3.8) is 0 Å². The summed E-state index contributed by atoms with van der Waals surface area (Å²) in [7, 11) is -3.84. The summed E-state index contributed by atoms with van der Waals surface area (Å²) >= 11 is 0. The number of aromatic nitrogens is 3. The number of hydrogen-bond donors (Lipinski definition) is 2. The normalized spacial score (nSPS) is 11.9. The molecule has 2 heterocycles. The topological polar surface area (TPSA) is 110 Å². The molecule has 0 aliphatic heterocycles. The highest BCUT2D eigenvalue weighted by Crippen LogP contribution is 2.22. The molecule has 9 heteroatoms. The molecular weight excluding hydrogens is 392 g/mol. The zero-order valence-electron chi connectivity index (χ0n) is 14.9. The summed E-state index contributed by atoms with van der Waals surface area (Å²) in [5.74, 6) is -0.634. The molecule has 2 aromatic heterocycles. The first-order valence-electron chi connectivity index (χ1n) is 8.68. The van der Waals surface area contributed by atoms with Crippen molar-refractivity contribution in [2.24, 2.45) is 0 Å². The fourth-order valence-electron chi connectivity index (χ4n) is 3.16. The van der Waals surface area contributed by atoms with E-state index in [-0.39, 0.29) is 10.5 Å². The van der Waals surface area contributed by atoms with E-state index < -0.39 is 15.8 Å². The van der Waals surface area contributed by atoms with Gasteiger partial charge in [0, 0.05) is 17.4 Å². The van der Waals surface area contributed by atoms with Crippen LogP contribution in [0.3, 0.4) is 0 Å². The van der Waals surface area contributed by atoms with Crippen molar-refractivity contribution < 1.29 is 12.8 Å². The second kappa shape index (κ2) is 6.35. The van der Waals surface area contributed by atoms with E-state index in [1.807, 2.05) is 28.8 Å². The van der Waals surface area contributed by atoms with Crippen LogP contribution in [0, 0.1) is 0 Å². The number of sulfonamides is 1. The van der Waals surface area contributed by atoms with Gasteiger partial charge in [-0.2, -0.15) is 0 Å². The molecule has 144 valence electrons. The van der Waals surface area contributed by atoms with Crippen LogP contribution in [0.2, 0.25) is 0 Å². The van der Waals surface area contributed by atoms with E-state index in [1.165, 1.54) is 18.2 Å². The Morgan fingerprint density at radius 2 is 1.79 bits per heavy atom. The molecule has 0 unspecified atom stereocenters. The van der Waals surface area contributed by atoms with Gasteiger partial charge in [0.15, 0.2) is 5.58 Å². The Bertz CT molecular complexity index is 1510. The number of benzene rings is 3. The van der Waals surface area contributed by atoms with E-state index in [1.54, 1.807) is 30.6 Å². The minimum absolute atomic E-state index is 0.00238. The first kappa shape index (κ1) is 17.3. The summed E-state index contributed by atoms with van der Waals surface area (Å²) in [4.78, 5) is 18.1. The quantitative estimate of drug-likeness (QED) is 0.476. The van der Waals surface area contributed by atoms with Gasteiger partial charge in [-0.15, -0.1) is 0 Å². The van der Waals surface area contributed by atoms with Crippen LogP contribution in [0.25, 0.3) is 27.8 Å². The molecule has 0 saturated heterocycles. The Labute approximate surface area is 164 Å². The highest BCUT2D eigenvalue weighted by Gasteiger charge is 2.16.